The Morgan fingerprint density at radius 3 is 0.829 bits per heavy atom. The Morgan fingerprint density at radius 2 is 0.500 bits per heavy atom. The first kappa shape index (κ1) is 45.2. The van der Waals surface area contributed by atoms with E-state index >= 15 is 0 Å². The quantitative estimate of drug-likeness (QED) is 0.0995. The molecule has 4 heteroatoms. The van der Waals surface area contributed by atoms with Crippen LogP contribution in [0.3, 0.4) is 0 Å². The van der Waals surface area contributed by atoms with Crippen molar-refractivity contribution in [3.8, 4) is 44.5 Å². The lowest BCUT2D eigenvalue weighted by atomic mass is 9.33. The van der Waals surface area contributed by atoms with Crippen LogP contribution in [0.15, 0.2) is 309 Å². The molecule has 0 radical (unpaired) electrons. The van der Waals surface area contributed by atoms with Crippen molar-refractivity contribution in [2.75, 3.05) is 9.80 Å². The van der Waals surface area contributed by atoms with Gasteiger partial charge in [-0.3, -0.25) is 0 Å². The Morgan fingerprint density at radius 1 is 0.224 bits per heavy atom. The lowest BCUT2D eigenvalue weighted by Gasteiger charge is -2.46. The van der Waals surface area contributed by atoms with Crippen molar-refractivity contribution < 1.29 is 0 Å². The highest BCUT2D eigenvalue weighted by molar-refractivity contribution is 7.20. The van der Waals surface area contributed by atoms with Gasteiger partial charge in [-0.15, -0.1) is 0 Å². The van der Waals surface area contributed by atoms with Crippen LogP contribution in [0.25, 0.3) is 44.5 Å². The molecule has 0 saturated heterocycles. The number of hydrogen-bond donors (Lipinski definition) is 0. The molecule has 0 unspecified atom stereocenters. The van der Waals surface area contributed by atoms with Crippen LogP contribution in [0.5, 0.6) is 0 Å². The SMILES string of the molecule is c1ccc(-c2ccc(N3c4ccc(-c5ccccc5)cc4B4c5cc(-c6ccccc6)ccc5N(c5ccc(-c6ccccc6)cc5)c5cc([Si](c6ccccc6)(c6ccccc6)c6ccccc6)cc3c54)cc2)cc1. The van der Waals surface area contributed by atoms with Crippen molar-refractivity contribution in [2.45, 2.75) is 0 Å². The average molecular weight is 983 g/mol. The van der Waals surface area contributed by atoms with Crippen molar-refractivity contribution >= 4 is 86.0 Å². The molecule has 14 rings (SSSR count). The summed E-state index contributed by atoms with van der Waals surface area (Å²) in [5, 5.41) is 5.32. The highest BCUT2D eigenvalue weighted by Crippen LogP contribution is 2.45. The third-order valence-corrected chi connectivity index (χ3v) is 20.6. The van der Waals surface area contributed by atoms with E-state index in [4.69, 9.17) is 0 Å². The summed E-state index contributed by atoms with van der Waals surface area (Å²) in [6.45, 7) is -0.114. The molecule has 0 N–H and O–H groups in total. The van der Waals surface area contributed by atoms with E-state index in [1.807, 2.05) is 0 Å². The summed E-state index contributed by atoms with van der Waals surface area (Å²) in [6, 6.07) is 115. The van der Waals surface area contributed by atoms with Crippen LogP contribution < -0.4 is 46.9 Å². The first-order chi connectivity index (χ1) is 37.7. The second-order valence-corrected chi connectivity index (χ2v) is 23.8. The molecular formula is C72H51BN2Si. The first-order valence-corrected chi connectivity index (χ1v) is 28.4. The second-order valence-electron chi connectivity index (χ2n) is 20.0. The molecule has 76 heavy (non-hydrogen) atoms. The Hall–Kier alpha value is -9.48. The van der Waals surface area contributed by atoms with Gasteiger partial charge in [0.05, 0.1) is 0 Å². The zero-order valence-corrected chi connectivity index (χ0v) is 42.9. The predicted octanol–water partition coefficient (Wildman–Crippen LogP) is 13.8. The molecule has 0 fully saturated rings. The number of fused-ring (bicyclic) bond motifs is 4. The minimum absolute atomic E-state index is 0.114. The maximum Gasteiger partial charge on any atom is 0.252 e. The fraction of sp³-hybridized carbons (Fsp3) is 0. The highest BCUT2D eigenvalue weighted by atomic mass is 28.3. The minimum atomic E-state index is -3.11. The van der Waals surface area contributed by atoms with Gasteiger partial charge in [0, 0.05) is 34.1 Å². The van der Waals surface area contributed by atoms with Crippen LogP contribution in [0.4, 0.5) is 34.1 Å². The standard InChI is InChI=1S/C72H51BN2Si/c1-8-22-52(23-9-1)56-36-42-60(43-37-56)74-68-46-40-58(54-26-12-3-13-27-54)48-66(68)73-67-49-59(55-28-14-4-15-29-55)41-47-69(67)75(61-44-38-57(39-45-61)53-24-10-2-11-25-53)71-51-65(50-70(74)72(71)73)76(62-30-16-5-17-31-62,63-32-18-6-19-33-63)64-34-20-7-21-35-64/h1-51H. The summed E-state index contributed by atoms with van der Waals surface area (Å²) in [5.74, 6) is 0. The second kappa shape index (κ2) is 19.1. The normalized spacial score (nSPS) is 12.4. The Bertz CT molecular complexity index is 3710. The summed E-state index contributed by atoms with van der Waals surface area (Å²) >= 11 is 0. The molecular weight excluding hydrogens is 932 g/mol. The fourth-order valence-corrected chi connectivity index (χ4v) is 17.1. The van der Waals surface area contributed by atoms with Gasteiger partial charge in [0.15, 0.2) is 8.07 Å². The molecule has 2 aliphatic rings. The van der Waals surface area contributed by atoms with Gasteiger partial charge in [0.2, 0.25) is 0 Å². The summed E-state index contributed by atoms with van der Waals surface area (Å²) in [7, 11) is -3.11. The third kappa shape index (κ3) is 7.65. The molecule has 2 aliphatic heterocycles. The molecule has 0 aliphatic carbocycles. The maximum atomic E-state index is 2.60. The number of benzene rings is 12. The molecule has 356 valence electrons. The van der Waals surface area contributed by atoms with Gasteiger partial charge in [0.25, 0.3) is 6.71 Å². The van der Waals surface area contributed by atoms with E-state index in [1.54, 1.807) is 0 Å². The van der Waals surface area contributed by atoms with Gasteiger partial charge >= 0.3 is 0 Å². The average Bonchev–Trinajstić information content (AvgIpc) is 3.52. The van der Waals surface area contributed by atoms with Gasteiger partial charge < -0.3 is 9.80 Å². The zero-order valence-electron chi connectivity index (χ0n) is 41.9. The van der Waals surface area contributed by atoms with Crippen molar-refractivity contribution in [2.24, 2.45) is 0 Å². The summed E-state index contributed by atoms with van der Waals surface area (Å²) in [4.78, 5) is 5.17. The Kier molecular flexibility index (Phi) is 11.3. The highest BCUT2D eigenvalue weighted by Gasteiger charge is 2.48. The Balaban J connectivity index is 1.12. The molecule has 2 nitrogen and oxygen atoms in total. The van der Waals surface area contributed by atoms with E-state index in [2.05, 4.69) is 319 Å². The molecule has 0 bridgehead atoms. The van der Waals surface area contributed by atoms with E-state index in [-0.39, 0.29) is 6.71 Å². The molecule has 0 amide bonds. The van der Waals surface area contributed by atoms with Gasteiger partial charge in [-0.05, 0) is 130 Å². The number of hydrogen-bond acceptors (Lipinski definition) is 2. The molecule has 0 aromatic heterocycles. The van der Waals surface area contributed by atoms with Crippen molar-refractivity contribution in [3.05, 3.63) is 309 Å². The van der Waals surface area contributed by atoms with Gasteiger partial charge in [-0.2, -0.15) is 0 Å². The van der Waals surface area contributed by atoms with Crippen LogP contribution in [0.1, 0.15) is 0 Å². The van der Waals surface area contributed by atoms with Crippen LogP contribution in [-0.4, -0.2) is 14.8 Å². The van der Waals surface area contributed by atoms with E-state index in [1.165, 1.54) is 104 Å². The minimum Gasteiger partial charge on any atom is -0.311 e. The number of anilines is 6. The van der Waals surface area contributed by atoms with Crippen molar-refractivity contribution in [1.82, 2.24) is 0 Å². The van der Waals surface area contributed by atoms with Gasteiger partial charge in [0.1, 0.15) is 0 Å². The fourth-order valence-electron chi connectivity index (χ4n) is 12.3. The maximum absolute atomic E-state index is 3.11. The predicted molar refractivity (Wildman–Crippen MR) is 326 cm³/mol. The van der Waals surface area contributed by atoms with Crippen LogP contribution in [-0.2, 0) is 0 Å². The molecule has 0 saturated carbocycles. The molecule has 0 spiro atoms. The summed E-state index contributed by atoms with van der Waals surface area (Å²) < 4.78 is 0. The Labute approximate surface area is 447 Å². The van der Waals surface area contributed by atoms with E-state index < -0.39 is 8.07 Å². The van der Waals surface area contributed by atoms with Crippen molar-refractivity contribution in [3.63, 3.8) is 0 Å². The molecule has 0 atom stereocenters. The zero-order chi connectivity index (χ0) is 50.4. The van der Waals surface area contributed by atoms with Gasteiger partial charge in [-0.1, -0.05) is 261 Å². The van der Waals surface area contributed by atoms with E-state index in [9.17, 15) is 0 Å². The lowest BCUT2D eigenvalue weighted by molar-refractivity contribution is 1.26. The van der Waals surface area contributed by atoms with Gasteiger partial charge in [-0.25, -0.2) is 0 Å². The monoisotopic (exact) mass is 982 g/mol. The van der Waals surface area contributed by atoms with E-state index in [0.717, 1.165) is 11.4 Å². The topological polar surface area (TPSA) is 6.48 Å². The molecule has 2 heterocycles. The smallest absolute Gasteiger partial charge is 0.252 e. The number of rotatable bonds is 10. The third-order valence-electron chi connectivity index (χ3n) is 15.8. The first-order valence-electron chi connectivity index (χ1n) is 26.4. The van der Waals surface area contributed by atoms with Crippen LogP contribution >= 0.6 is 0 Å². The lowest BCUT2D eigenvalue weighted by Crippen LogP contribution is -2.75. The number of nitrogens with zero attached hydrogens (tertiary/aromatic N) is 2. The van der Waals surface area contributed by atoms with E-state index in [0.29, 0.717) is 0 Å². The van der Waals surface area contributed by atoms with Crippen LogP contribution in [0.2, 0.25) is 0 Å². The molecule has 12 aromatic rings. The largest absolute Gasteiger partial charge is 0.311 e. The summed E-state index contributed by atoms with van der Waals surface area (Å²) in [5.41, 5.74) is 20.3. The molecule has 12 aromatic carbocycles. The van der Waals surface area contributed by atoms with Crippen LogP contribution in [0, 0.1) is 0 Å². The van der Waals surface area contributed by atoms with Crippen molar-refractivity contribution in [1.29, 1.82) is 0 Å². The summed E-state index contributed by atoms with van der Waals surface area (Å²) in [6.07, 6.45) is 0.